The number of likely N-dealkylation sites (tertiary alicyclic amines) is 1. The lowest BCUT2D eigenvalue weighted by molar-refractivity contribution is 0.00585. The molecule has 2 atom stereocenters. The second kappa shape index (κ2) is 6.58. The molecule has 0 radical (unpaired) electrons. The van der Waals surface area contributed by atoms with Gasteiger partial charge in [0, 0.05) is 25.2 Å². The Morgan fingerprint density at radius 3 is 3.00 bits per heavy atom. The summed E-state index contributed by atoms with van der Waals surface area (Å²) in [5, 5.41) is 3.66. The normalized spacial score (nSPS) is 32.8. The molecule has 2 saturated heterocycles. The van der Waals surface area contributed by atoms with E-state index in [4.69, 9.17) is 4.74 Å². The third kappa shape index (κ3) is 3.44. The number of ether oxygens (including phenoxy) is 1. The molecule has 0 aliphatic carbocycles. The van der Waals surface area contributed by atoms with E-state index in [1.165, 1.54) is 51.7 Å². The highest BCUT2D eigenvalue weighted by Gasteiger charge is 2.26. The molecule has 0 aromatic carbocycles. The van der Waals surface area contributed by atoms with Crippen molar-refractivity contribution < 1.29 is 4.74 Å². The zero-order valence-corrected chi connectivity index (χ0v) is 10.6. The van der Waals surface area contributed by atoms with E-state index in [1.54, 1.807) is 0 Å². The van der Waals surface area contributed by atoms with Crippen LogP contribution in [0, 0.1) is 0 Å². The number of hydrogen-bond donors (Lipinski definition) is 1. The first-order valence-electron chi connectivity index (χ1n) is 6.95. The quantitative estimate of drug-likeness (QED) is 0.788. The third-order valence-electron chi connectivity index (χ3n) is 3.79. The summed E-state index contributed by atoms with van der Waals surface area (Å²) in [4.78, 5) is 2.65. The Morgan fingerprint density at radius 1 is 1.31 bits per heavy atom. The summed E-state index contributed by atoms with van der Waals surface area (Å²) in [5.41, 5.74) is 0. The minimum Gasteiger partial charge on any atom is -0.380 e. The van der Waals surface area contributed by atoms with E-state index in [1.807, 2.05) is 0 Å². The Kier molecular flexibility index (Phi) is 5.07. The first-order chi connectivity index (χ1) is 7.90. The molecule has 3 nitrogen and oxygen atoms in total. The van der Waals surface area contributed by atoms with Crippen LogP contribution >= 0.6 is 0 Å². The van der Waals surface area contributed by atoms with Crippen molar-refractivity contribution in [2.45, 2.75) is 51.1 Å². The Hall–Kier alpha value is -0.120. The minimum absolute atomic E-state index is 0.694. The third-order valence-corrected chi connectivity index (χ3v) is 3.79. The van der Waals surface area contributed by atoms with Crippen LogP contribution in [0.5, 0.6) is 0 Å². The monoisotopic (exact) mass is 226 g/mol. The molecule has 0 amide bonds. The van der Waals surface area contributed by atoms with Gasteiger partial charge in [-0.1, -0.05) is 6.92 Å². The lowest BCUT2D eigenvalue weighted by Gasteiger charge is -2.40. The van der Waals surface area contributed by atoms with Gasteiger partial charge < -0.3 is 10.1 Å². The standard InChI is InChI=1S/C13H26N2O/c1-2-7-14-12-5-3-8-15(10-12)13-6-4-9-16-11-13/h12-14H,2-11H2,1H3. The molecule has 0 bridgehead atoms. The van der Waals surface area contributed by atoms with E-state index in [9.17, 15) is 0 Å². The van der Waals surface area contributed by atoms with E-state index in [0.29, 0.717) is 6.04 Å². The molecular formula is C13H26N2O. The predicted octanol–water partition coefficient (Wildman–Crippen LogP) is 1.63. The molecule has 16 heavy (non-hydrogen) atoms. The van der Waals surface area contributed by atoms with Crippen molar-refractivity contribution in [1.82, 2.24) is 10.2 Å². The molecule has 3 heteroatoms. The zero-order valence-electron chi connectivity index (χ0n) is 10.6. The topological polar surface area (TPSA) is 24.5 Å². The highest BCUT2D eigenvalue weighted by Crippen LogP contribution is 2.18. The summed E-state index contributed by atoms with van der Waals surface area (Å²) in [6, 6.07) is 1.41. The van der Waals surface area contributed by atoms with Gasteiger partial charge in [0.05, 0.1) is 6.61 Å². The fourth-order valence-electron chi connectivity index (χ4n) is 2.86. The zero-order chi connectivity index (χ0) is 11.2. The molecule has 2 unspecified atom stereocenters. The van der Waals surface area contributed by atoms with Crippen LogP contribution in [0.2, 0.25) is 0 Å². The molecule has 2 aliphatic rings. The summed E-state index contributed by atoms with van der Waals surface area (Å²) < 4.78 is 5.59. The van der Waals surface area contributed by atoms with Crippen LogP contribution in [-0.2, 0) is 4.74 Å². The van der Waals surface area contributed by atoms with Crippen molar-refractivity contribution in [3.05, 3.63) is 0 Å². The number of nitrogens with zero attached hydrogens (tertiary/aromatic N) is 1. The highest BCUT2D eigenvalue weighted by molar-refractivity contribution is 4.83. The molecule has 2 aliphatic heterocycles. The fourth-order valence-corrected chi connectivity index (χ4v) is 2.86. The smallest absolute Gasteiger partial charge is 0.0621 e. The molecule has 0 spiro atoms. The van der Waals surface area contributed by atoms with Crippen molar-refractivity contribution in [2.24, 2.45) is 0 Å². The van der Waals surface area contributed by atoms with Gasteiger partial charge in [0.15, 0.2) is 0 Å². The average molecular weight is 226 g/mol. The number of hydrogen-bond acceptors (Lipinski definition) is 3. The first kappa shape index (κ1) is 12.3. The van der Waals surface area contributed by atoms with Gasteiger partial charge in [-0.25, -0.2) is 0 Å². The molecule has 2 fully saturated rings. The molecule has 1 N–H and O–H groups in total. The maximum atomic E-state index is 5.59. The highest BCUT2D eigenvalue weighted by atomic mass is 16.5. The van der Waals surface area contributed by atoms with Gasteiger partial charge in [0.25, 0.3) is 0 Å². The number of nitrogens with one attached hydrogen (secondary N) is 1. The van der Waals surface area contributed by atoms with E-state index in [2.05, 4.69) is 17.1 Å². The van der Waals surface area contributed by atoms with E-state index in [-0.39, 0.29) is 0 Å². The maximum Gasteiger partial charge on any atom is 0.0621 e. The Morgan fingerprint density at radius 2 is 2.25 bits per heavy atom. The largest absolute Gasteiger partial charge is 0.380 e. The van der Waals surface area contributed by atoms with Crippen molar-refractivity contribution in [3.63, 3.8) is 0 Å². The van der Waals surface area contributed by atoms with Crippen LogP contribution < -0.4 is 5.32 Å². The van der Waals surface area contributed by atoms with Gasteiger partial charge in [-0.2, -0.15) is 0 Å². The van der Waals surface area contributed by atoms with E-state index >= 15 is 0 Å². The van der Waals surface area contributed by atoms with Crippen LogP contribution in [-0.4, -0.2) is 49.8 Å². The van der Waals surface area contributed by atoms with Crippen LogP contribution in [0.25, 0.3) is 0 Å². The van der Waals surface area contributed by atoms with E-state index < -0.39 is 0 Å². The van der Waals surface area contributed by atoms with E-state index in [0.717, 1.165) is 19.3 Å². The van der Waals surface area contributed by atoms with Crippen LogP contribution in [0.15, 0.2) is 0 Å². The van der Waals surface area contributed by atoms with Gasteiger partial charge in [0.1, 0.15) is 0 Å². The predicted molar refractivity (Wildman–Crippen MR) is 66.7 cm³/mol. The van der Waals surface area contributed by atoms with Gasteiger partial charge in [0.2, 0.25) is 0 Å². The first-order valence-corrected chi connectivity index (χ1v) is 6.95. The SMILES string of the molecule is CCCNC1CCCN(C2CCCOC2)C1. The molecular weight excluding hydrogens is 200 g/mol. The van der Waals surface area contributed by atoms with Gasteiger partial charge >= 0.3 is 0 Å². The Balaban J connectivity index is 1.76. The maximum absolute atomic E-state index is 5.59. The van der Waals surface area contributed by atoms with Gasteiger partial charge in [-0.15, -0.1) is 0 Å². The Labute approximate surface area is 99.5 Å². The molecule has 2 rings (SSSR count). The molecule has 0 aromatic heterocycles. The van der Waals surface area contributed by atoms with Gasteiger partial charge in [-0.05, 0) is 45.2 Å². The van der Waals surface area contributed by atoms with Crippen molar-refractivity contribution in [1.29, 1.82) is 0 Å². The summed E-state index contributed by atoms with van der Waals surface area (Å²) >= 11 is 0. The summed E-state index contributed by atoms with van der Waals surface area (Å²) in [7, 11) is 0. The van der Waals surface area contributed by atoms with Crippen molar-refractivity contribution in [3.8, 4) is 0 Å². The summed E-state index contributed by atoms with van der Waals surface area (Å²) in [6.45, 7) is 7.84. The average Bonchev–Trinajstić information content (AvgIpc) is 2.38. The van der Waals surface area contributed by atoms with Gasteiger partial charge in [-0.3, -0.25) is 4.90 Å². The van der Waals surface area contributed by atoms with Crippen molar-refractivity contribution in [2.75, 3.05) is 32.8 Å². The van der Waals surface area contributed by atoms with Crippen molar-refractivity contribution >= 4 is 0 Å². The summed E-state index contributed by atoms with van der Waals surface area (Å²) in [5.74, 6) is 0. The number of rotatable bonds is 4. The molecule has 0 saturated carbocycles. The second-order valence-electron chi connectivity index (χ2n) is 5.16. The lowest BCUT2D eigenvalue weighted by Crippen LogP contribution is -2.51. The van der Waals surface area contributed by atoms with Crippen LogP contribution in [0.3, 0.4) is 0 Å². The number of piperidine rings is 1. The molecule has 0 aromatic rings. The minimum atomic E-state index is 0.694. The van der Waals surface area contributed by atoms with Crippen LogP contribution in [0.4, 0.5) is 0 Å². The molecule has 2 heterocycles. The summed E-state index contributed by atoms with van der Waals surface area (Å²) in [6.07, 6.45) is 6.51. The lowest BCUT2D eigenvalue weighted by atomic mass is 10.0. The fraction of sp³-hybridized carbons (Fsp3) is 1.00. The molecule has 94 valence electrons. The Bertz CT molecular complexity index is 192. The second-order valence-corrected chi connectivity index (χ2v) is 5.16. The van der Waals surface area contributed by atoms with Crippen LogP contribution in [0.1, 0.15) is 39.0 Å².